The summed E-state index contributed by atoms with van der Waals surface area (Å²) in [6.07, 6.45) is 0.845. The van der Waals surface area contributed by atoms with Crippen molar-refractivity contribution in [1.29, 1.82) is 0 Å². The lowest BCUT2D eigenvalue weighted by molar-refractivity contribution is 0.00845. The Labute approximate surface area is 168 Å². The van der Waals surface area contributed by atoms with Crippen LogP contribution in [0.25, 0.3) is 10.2 Å². The fraction of sp³-hybridized carbons (Fsp3) is 0.263. The van der Waals surface area contributed by atoms with Crippen molar-refractivity contribution in [2.75, 3.05) is 13.2 Å². The summed E-state index contributed by atoms with van der Waals surface area (Å²) in [4.78, 5) is 43.6. The molecule has 2 aromatic heterocycles. The number of amides is 2. The van der Waals surface area contributed by atoms with Crippen LogP contribution in [0.2, 0.25) is 0 Å². The first-order valence-electron chi connectivity index (χ1n) is 9.04. The molecule has 1 saturated heterocycles. The van der Waals surface area contributed by atoms with Crippen molar-refractivity contribution in [3.8, 4) is 5.75 Å². The van der Waals surface area contributed by atoms with Gasteiger partial charge in [-0.2, -0.15) is 0 Å². The smallest absolute Gasteiger partial charge is 0.276 e. The number of hydrogen-bond donors (Lipinski definition) is 2. The van der Waals surface area contributed by atoms with Crippen molar-refractivity contribution >= 4 is 33.4 Å². The van der Waals surface area contributed by atoms with Crippen LogP contribution in [0.5, 0.6) is 5.75 Å². The number of ether oxygens (including phenoxy) is 1. The number of rotatable bonds is 3. The zero-order chi connectivity index (χ0) is 20.1. The molecule has 2 N–H and O–H groups in total. The van der Waals surface area contributed by atoms with Crippen LogP contribution in [0, 0.1) is 0 Å². The molecule has 2 aliphatic rings. The lowest BCUT2D eigenvalue weighted by Gasteiger charge is -2.31. The van der Waals surface area contributed by atoms with Crippen molar-refractivity contribution < 1.29 is 19.4 Å². The number of aromatic nitrogens is 2. The summed E-state index contributed by atoms with van der Waals surface area (Å²) in [5, 5.41) is 13.7. The number of nitrogens with one attached hydrogen (secondary N) is 1. The minimum atomic E-state index is -0.870. The Kier molecular flexibility index (Phi) is 4.10. The number of hydrogen-bond acceptors (Lipinski definition) is 7. The van der Waals surface area contributed by atoms with E-state index in [1.165, 1.54) is 27.0 Å². The van der Waals surface area contributed by atoms with Gasteiger partial charge in [0.15, 0.2) is 17.7 Å². The van der Waals surface area contributed by atoms with E-state index in [9.17, 15) is 19.5 Å². The summed E-state index contributed by atoms with van der Waals surface area (Å²) in [5.41, 5.74) is -0.371. The van der Waals surface area contributed by atoms with Crippen LogP contribution in [0.3, 0.4) is 0 Å². The minimum absolute atomic E-state index is 0.112. The SMILES string of the molecule is O=C(NCc1nc2ccccc2s1)c1cn2c(c(O)c1=O)C(=O)N1CCOC1C2. The van der Waals surface area contributed by atoms with Gasteiger partial charge in [-0.25, -0.2) is 4.98 Å². The molecule has 0 spiro atoms. The Bertz CT molecular complexity index is 1180. The summed E-state index contributed by atoms with van der Waals surface area (Å²) in [7, 11) is 0. The fourth-order valence-corrected chi connectivity index (χ4v) is 4.54. The number of pyridine rings is 1. The predicted molar refractivity (Wildman–Crippen MR) is 104 cm³/mol. The molecule has 9 nitrogen and oxygen atoms in total. The average molecular weight is 412 g/mol. The van der Waals surface area contributed by atoms with Gasteiger partial charge in [0.2, 0.25) is 5.43 Å². The van der Waals surface area contributed by atoms with Crippen LogP contribution in [-0.4, -0.2) is 50.8 Å². The molecule has 4 heterocycles. The maximum Gasteiger partial charge on any atom is 0.276 e. The molecule has 10 heteroatoms. The van der Waals surface area contributed by atoms with Gasteiger partial charge in [0, 0.05) is 12.7 Å². The second kappa shape index (κ2) is 6.68. The third-order valence-electron chi connectivity index (χ3n) is 5.05. The lowest BCUT2D eigenvalue weighted by Crippen LogP contribution is -2.46. The van der Waals surface area contributed by atoms with Gasteiger partial charge in [0.05, 0.1) is 29.9 Å². The predicted octanol–water partition coefficient (Wildman–Crippen LogP) is 0.906. The quantitative estimate of drug-likeness (QED) is 0.661. The van der Waals surface area contributed by atoms with E-state index in [1.54, 1.807) is 0 Å². The highest BCUT2D eigenvalue weighted by molar-refractivity contribution is 7.18. The molecule has 29 heavy (non-hydrogen) atoms. The Morgan fingerprint density at radius 3 is 3.00 bits per heavy atom. The molecule has 0 aliphatic carbocycles. The standard InChI is InChI=1S/C19H16N4O5S/c24-16-10(18(26)20-7-13-21-11-3-1-2-4-12(11)29-13)8-22-9-14-23(5-6-28-14)19(27)15(22)17(16)25/h1-4,8,14,25H,5-7,9H2,(H,20,26). The summed E-state index contributed by atoms with van der Waals surface area (Å²) in [6, 6.07) is 7.63. The molecule has 0 saturated carbocycles. The van der Waals surface area contributed by atoms with E-state index in [-0.39, 0.29) is 24.3 Å². The van der Waals surface area contributed by atoms with E-state index in [0.717, 1.165) is 10.2 Å². The number of aromatic hydroxyl groups is 1. The Balaban J connectivity index is 1.42. The maximum atomic E-state index is 12.6. The van der Waals surface area contributed by atoms with Gasteiger partial charge in [-0.05, 0) is 12.1 Å². The molecule has 0 radical (unpaired) electrons. The molecule has 1 aromatic carbocycles. The second-order valence-corrected chi connectivity index (χ2v) is 7.92. The van der Waals surface area contributed by atoms with E-state index in [0.29, 0.717) is 18.2 Å². The highest BCUT2D eigenvalue weighted by Crippen LogP contribution is 2.26. The van der Waals surface area contributed by atoms with E-state index in [4.69, 9.17) is 4.74 Å². The molecule has 2 aliphatic heterocycles. The molecule has 0 bridgehead atoms. The molecular weight excluding hydrogens is 396 g/mol. The van der Waals surface area contributed by atoms with Crippen molar-refractivity contribution in [3.05, 3.63) is 57.0 Å². The first kappa shape index (κ1) is 17.8. The van der Waals surface area contributed by atoms with Gasteiger partial charge in [-0.1, -0.05) is 12.1 Å². The molecule has 1 atom stereocenters. The van der Waals surface area contributed by atoms with Gasteiger partial charge in [0.1, 0.15) is 10.6 Å². The van der Waals surface area contributed by atoms with Gasteiger partial charge >= 0.3 is 0 Å². The second-order valence-electron chi connectivity index (χ2n) is 6.80. The van der Waals surface area contributed by atoms with E-state index in [2.05, 4.69) is 10.3 Å². The number of carbonyl (C=O) groups excluding carboxylic acids is 2. The monoisotopic (exact) mass is 412 g/mol. The number of nitrogens with zero attached hydrogens (tertiary/aromatic N) is 3. The van der Waals surface area contributed by atoms with Crippen molar-refractivity contribution in [1.82, 2.24) is 19.8 Å². The van der Waals surface area contributed by atoms with Gasteiger partial charge < -0.3 is 24.6 Å². The van der Waals surface area contributed by atoms with Crippen molar-refractivity contribution in [2.45, 2.75) is 19.3 Å². The molecule has 1 unspecified atom stereocenters. The first-order chi connectivity index (χ1) is 14.0. The average Bonchev–Trinajstić information content (AvgIpc) is 3.35. The highest BCUT2D eigenvalue weighted by atomic mass is 32.1. The number of benzene rings is 1. The number of carbonyl (C=O) groups is 2. The van der Waals surface area contributed by atoms with Crippen LogP contribution < -0.4 is 10.7 Å². The van der Waals surface area contributed by atoms with Crippen molar-refractivity contribution in [2.24, 2.45) is 0 Å². The molecule has 5 rings (SSSR count). The number of para-hydroxylation sites is 1. The number of thiazole rings is 1. The van der Waals surface area contributed by atoms with E-state index >= 15 is 0 Å². The maximum absolute atomic E-state index is 12.6. The molecule has 1 fully saturated rings. The first-order valence-corrected chi connectivity index (χ1v) is 9.86. The lowest BCUT2D eigenvalue weighted by atomic mass is 10.1. The zero-order valence-electron chi connectivity index (χ0n) is 15.1. The molecule has 3 aromatic rings. The Morgan fingerprint density at radius 1 is 1.34 bits per heavy atom. The van der Waals surface area contributed by atoms with Gasteiger partial charge in [-0.15, -0.1) is 11.3 Å². The van der Waals surface area contributed by atoms with Crippen molar-refractivity contribution in [3.63, 3.8) is 0 Å². The Hall–Kier alpha value is -3.24. The van der Waals surface area contributed by atoms with Gasteiger partial charge in [0.25, 0.3) is 11.8 Å². The molecule has 148 valence electrons. The summed E-state index contributed by atoms with van der Waals surface area (Å²) in [5.74, 6) is -1.83. The van der Waals surface area contributed by atoms with Crippen LogP contribution >= 0.6 is 11.3 Å². The summed E-state index contributed by atoms with van der Waals surface area (Å²) < 4.78 is 7.92. The highest BCUT2D eigenvalue weighted by Gasteiger charge is 2.39. The summed E-state index contributed by atoms with van der Waals surface area (Å²) >= 11 is 1.45. The normalized spacial score (nSPS) is 18.0. The van der Waals surface area contributed by atoms with Crippen LogP contribution in [0.4, 0.5) is 0 Å². The molecule has 2 amide bonds. The van der Waals surface area contributed by atoms with E-state index in [1.807, 2.05) is 24.3 Å². The van der Waals surface area contributed by atoms with Gasteiger partial charge in [-0.3, -0.25) is 14.4 Å². The minimum Gasteiger partial charge on any atom is -0.503 e. The topological polar surface area (TPSA) is 114 Å². The fourth-order valence-electron chi connectivity index (χ4n) is 3.64. The Morgan fingerprint density at radius 2 is 2.17 bits per heavy atom. The summed E-state index contributed by atoms with van der Waals surface area (Å²) in [6.45, 7) is 1.19. The molecular formula is C19H16N4O5S. The zero-order valence-corrected chi connectivity index (χ0v) is 15.9. The third-order valence-corrected chi connectivity index (χ3v) is 6.08. The number of fused-ring (bicyclic) bond motifs is 3. The van der Waals surface area contributed by atoms with Crippen LogP contribution in [0.1, 0.15) is 25.9 Å². The van der Waals surface area contributed by atoms with Crippen LogP contribution in [-0.2, 0) is 17.8 Å². The van der Waals surface area contributed by atoms with Crippen LogP contribution in [0.15, 0.2) is 35.3 Å². The largest absolute Gasteiger partial charge is 0.503 e. The van der Waals surface area contributed by atoms with E-state index < -0.39 is 29.2 Å². The third kappa shape index (κ3) is 2.88.